The number of nitrogens with two attached hydrogens (primary N) is 1. The largest absolute Gasteiger partial charge is 0.481 e. The maximum Gasteiger partial charge on any atom is 0.260 e. The fourth-order valence-electron chi connectivity index (χ4n) is 1.76. The average Bonchev–Trinajstić information content (AvgIpc) is 2.40. The summed E-state index contributed by atoms with van der Waals surface area (Å²) in [6.07, 6.45) is 1.30. The van der Waals surface area contributed by atoms with Crippen LogP contribution in [0.25, 0.3) is 0 Å². The molecule has 1 rings (SSSR count). The second-order valence-corrected chi connectivity index (χ2v) is 4.88. The first-order valence-electron chi connectivity index (χ1n) is 6.95. The highest BCUT2D eigenvalue weighted by Crippen LogP contribution is 2.25. The molecule has 1 aromatic rings. The van der Waals surface area contributed by atoms with Crippen LogP contribution < -0.4 is 15.8 Å². The minimum atomic E-state index is -0.644. The molecule has 0 heterocycles. The second-order valence-electron chi connectivity index (χ2n) is 4.88. The molecule has 0 saturated heterocycles. The van der Waals surface area contributed by atoms with E-state index in [1.807, 2.05) is 0 Å². The van der Waals surface area contributed by atoms with Crippen LogP contribution in [-0.4, -0.2) is 18.6 Å². The molecular formula is C15H23FN2O2. The van der Waals surface area contributed by atoms with Gasteiger partial charge in [0.1, 0.15) is 11.6 Å². The minimum Gasteiger partial charge on any atom is -0.481 e. The lowest BCUT2D eigenvalue weighted by atomic mass is 10.1. The number of hydrogen-bond acceptors (Lipinski definition) is 3. The van der Waals surface area contributed by atoms with Gasteiger partial charge >= 0.3 is 0 Å². The van der Waals surface area contributed by atoms with Crippen molar-refractivity contribution in [2.75, 3.05) is 6.54 Å². The number of rotatable bonds is 7. The van der Waals surface area contributed by atoms with Crippen LogP contribution in [0.2, 0.25) is 0 Å². The molecule has 0 spiro atoms. The summed E-state index contributed by atoms with van der Waals surface area (Å²) in [4.78, 5) is 11.8. The Kier molecular flexibility index (Phi) is 6.45. The average molecular weight is 282 g/mol. The molecule has 1 unspecified atom stereocenters. The van der Waals surface area contributed by atoms with Crippen LogP contribution >= 0.6 is 0 Å². The molecule has 0 aromatic heterocycles. The van der Waals surface area contributed by atoms with Gasteiger partial charge in [-0.15, -0.1) is 0 Å². The molecule has 0 fully saturated rings. The van der Waals surface area contributed by atoms with Crippen LogP contribution in [0.1, 0.15) is 45.2 Å². The van der Waals surface area contributed by atoms with Gasteiger partial charge in [0.15, 0.2) is 6.10 Å². The first-order chi connectivity index (χ1) is 9.45. The highest BCUT2D eigenvalue weighted by atomic mass is 19.1. The van der Waals surface area contributed by atoms with E-state index in [0.29, 0.717) is 17.9 Å². The number of carbonyl (C=O) groups is 1. The van der Waals surface area contributed by atoms with Crippen LogP contribution in [0.3, 0.4) is 0 Å². The molecular weight excluding hydrogens is 259 g/mol. The van der Waals surface area contributed by atoms with Crippen LogP contribution in [-0.2, 0) is 4.79 Å². The summed E-state index contributed by atoms with van der Waals surface area (Å²) in [6.45, 7) is 6.09. The maximum absolute atomic E-state index is 13.2. The Morgan fingerprint density at radius 2 is 2.15 bits per heavy atom. The molecule has 0 radical (unpaired) electrons. The zero-order chi connectivity index (χ0) is 15.1. The number of benzene rings is 1. The molecule has 0 aliphatic carbocycles. The Bertz CT molecular complexity index is 449. The molecule has 0 bridgehead atoms. The summed E-state index contributed by atoms with van der Waals surface area (Å²) >= 11 is 0. The number of carbonyl (C=O) groups excluding carboxylic acids is 1. The minimum absolute atomic E-state index is 0.182. The van der Waals surface area contributed by atoms with Crippen LogP contribution in [0.4, 0.5) is 4.39 Å². The Hall–Kier alpha value is -1.62. The number of hydrogen-bond donors (Lipinski definition) is 2. The summed E-state index contributed by atoms with van der Waals surface area (Å²) in [6, 6.07) is 3.77. The van der Waals surface area contributed by atoms with Gasteiger partial charge in [0.2, 0.25) is 0 Å². The first-order valence-corrected chi connectivity index (χ1v) is 6.95. The van der Waals surface area contributed by atoms with Crippen LogP contribution in [0.5, 0.6) is 5.75 Å². The summed E-state index contributed by atoms with van der Waals surface area (Å²) in [5.74, 6) is -0.109. The highest BCUT2D eigenvalue weighted by molar-refractivity contribution is 5.80. The Labute approximate surface area is 119 Å². The van der Waals surface area contributed by atoms with Crippen LogP contribution in [0.15, 0.2) is 18.2 Å². The summed E-state index contributed by atoms with van der Waals surface area (Å²) in [7, 11) is 0. The lowest BCUT2D eigenvalue weighted by Crippen LogP contribution is -2.37. The number of nitrogens with one attached hydrogen (secondary N) is 1. The molecule has 0 saturated carbocycles. The van der Waals surface area contributed by atoms with Crippen molar-refractivity contribution in [1.29, 1.82) is 0 Å². The van der Waals surface area contributed by atoms with Gasteiger partial charge < -0.3 is 15.8 Å². The maximum atomic E-state index is 13.2. The number of unbranched alkanes of at least 4 members (excludes halogenated alkanes) is 1. The monoisotopic (exact) mass is 282 g/mol. The van der Waals surface area contributed by atoms with E-state index in [1.54, 1.807) is 13.8 Å². The molecule has 1 aromatic carbocycles. The third kappa shape index (κ3) is 4.81. The topological polar surface area (TPSA) is 64.3 Å². The van der Waals surface area contributed by atoms with Gasteiger partial charge in [-0.3, -0.25) is 4.79 Å². The van der Waals surface area contributed by atoms with Gasteiger partial charge in [-0.05, 0) is 38.5 Å². The van der Waals surface area contributed by atoms with E-state index in [4.69, 9.17) is 10.5 Å². The molecule has 2 atom stereocenters. The standard InChI is InChI=1S/C15H23FN2O2/c1-4-5-8-18-15(19)11(3)20-14-7-6-12(16)9-13(14)10(2)17/h6-7,9-11H,4-5,8,17H2,1-3H3,(H,18,19)/t10-,11?/m1/s1. The van der Waals surface area contributed by atoms with E-state index >= 15 is 0 Å². The zero-order valence-electron chi connectivity index (χ0n) is 12.3. The third-order valence-electron chi connectivity index (χ3n) is 2.96. The van der Waals surface area contributed by atoms with Gasteiger partial charge in [-0.1, -0.05) is 13.3 Å². The van der Waals surface area contributed by atoms with Crippen molar-refractivity contribution in [3.8, 4) is 5.75 Å². The van der Waals surface area contributed by atoms with E-state index in [0.717, 1.165) is 12.8 Å². The van der Waals surface area contributed by atoms with Crippen LogP contribution in [0, 0.1) is 5.82 Å². The first kappa shape index (κ1) is 16.4. The van der Waals surface area contributed by atoms with E-state index in [-0.39, 0.29) is 17.8 Å². The smallest absolute Gasteiger partial charge is 0.260 e. The summed E-state index contributed by atoms with van der Waals surface area (Å²) in [5.41, 5.74) is 6.34. The fourth-order valence-corrected chi connectivity index (χ4v) is 1.76. The molecule has 3 N–H and O–H groups in total. The lowest BCUT2D eigenvalue weighted by Gasteiger charge is -2.18. The van der Waals surface area contributed by atoms with Gasteiger partial charge in [-0.2, -0.15) is 0 Å². The second kappa shape index (κ2) is 7.85. The quantitative estimate of drug-likeness (QED) is 0.755. The summed E-state index contributed by atoms with van der Waals surface area (Å²) < 4.78 is 18.8. The Morgan fingerprint density at radius 1 is 1.45 bits per heavy atom. The van der Waals surface area contributed by atoms with Crippen molar-refractivity contribution in [2.45, 2.75) is 45.8 Å². The van der Waals surface area contributed by atoms with E-state index in [2.05, 4.69) is 12.2 Å². The Balaban J connectivity index is 2.70. The fraction of sp³-hybridized carbons (Fsp3) is 0.533. The molecule has 20 heavy (non-hydrogen) atoms. The molecule has 0 aliphatic heterocycles. The molecule has 0 aliphatic rings. The van der Waals surface area contributed by atoms with E-state index < -0.39 is 6.10 Å². The molecule has 4 nitrogen and oxygen atoms in total. The van der Waals surface area contributed by atoms with Crippen molar-refractivity contribution < 1.29 is 13.9 Å². The van der Waals surface area contributed by atoms with Gasteiger partial charge in [0, 0.05) is 18.2 Å². The SMILES string of the molecule is CCCCNC(=O)C(C)Oc1ccc(F)cc1[C@@H](C)N. The van der Waals surface area contributed by atoms with Crippen molar-refractivity contribution in [3.05, 3.63) is 29.6 Å². The highest BCUT2D eigenvalue weighted by Gasteiger charge is 2.17. The number of amides is 1. The molecule has 112 valence electrons. The van der Waals surface area contributed by atoms with Gasteiger partial charge in [0.25, 0.3) is 5.91 Å². The molecule has 1 amide bonds. The van der Waals surface area contributed by atoms with Gasteiger partial charge in [0.05, 0.1) is 0 Å². The lowest BCUT2D eigenvalue weighted by molar-refractivity contribution is -0.127. The Morgan fingerprint density at radius 3 is 2.75 bits per heavy atom. The van der Waals surface area contributed by atoms with Crippen molar-refractivity contribution in [2.24, 2.45) is 5.73 Å². The van der Waals surface area contributed by atoms with Gasteiger partial charge in [-0.25, -0.2) is 4.39 Å². The number of ether oxygens (including phenoxy) is 1. The van der Waals surface area contributed by atoms with E-state index in [1.165, 1.54) is 18.2 Å². The predicted molar refractivity (Wildman–Crippen MR) is 77.0 cm³/mol. The van der Waals surface area contributed by atoms with Crippen molar-refractivity contribution in [1.82, 2.24) is 5.32 Å². The zero-order valence-corrected chi connectivity index (χ0v) is 12.3. The van der Waals surface area contributed by atoms with Crippen molar-refractivity contribution in [3.63, 3.8) is 0 Å². The predicted octanol–water partition coefficient (Wildman–Crippen LogP) is 2.53. The van der Waals surface area contributed by atoms with E-state index in [9.17, 15) is 9.18 Å². The molecule has 5 heteroatoms. The van der Waals surface area contributed by atoms with Crippen molar-refractivity contribution >= 4 is 5.91 Å². The normalized spacial score (nSPS) is 13.7. The summed E-state index contributed by atoms with van der Waals surface area (Å²) in [5, 5.41) is 2.79. The number of halogens is 1. The third-order valence-corrected chi connectivity index (χ3v) is 2.96.